The van der Waals surface area contributed by atoms with Gasteiger partial charge in [-0.05, 0) is 24.6 Å². The summed E-state index contributed by atoms with van der Waals surface area (Å²) < 4.78 is 0. The highest BCUT2D eigenvalue weighted by molar-refractivity contribution is 6.52. The van der Waals surface area contributed by atoms with Crippen molar-refractivity contribution in [3.63, 3.8) is 0 Å². The van der Waals surface area contributed by atoms with E-state index < -0.39 is 11.7 Å². The van der Waals surface area contributed by atoms with Crippen molar-refractivity contribution in [3.05, 3.63) is 57.3 Å². The van der Waals surface area contributed by atoms with E-state index in [4.69, 9.17) is 23.2 Å². The number of benzene rings is 1. The fourth-order valence-corrected chi connectivity index (χ4v) is 2.84. The standard InChI is InChI=1S/C15H10Cl2N2O2/c1-8-3-2-4-10-13(8)19(15(21)14(10)20)7-9-6-18-12(17)5-11(9)16/h2-6H,7H2,1H3. The van der Waals surface area contributed by atoms with E-state index in [0.717, 1.165) is 5.56 Å². The fraction of sp³-hybridized carbons (Fsp3) is 0.133. The summed E-state index contributed by atoms with van der Waals surface area (Å²) >= 11 is 11.9. The van der Waals surface area contributed by atoms with Gasteiger partial charge in [-0.15, -0.1) is 0 Å². The fourth-order valence-electron chi connectivity index (χ4n) is 2.41. The number of para-hydroxylation sites is 1. The Morgan fingerprint density at radius 3 is 2.71 bits per heavy atom. The summed E-state index contributed by atoms with van der Waals surface area (Å²) in [5.74, 6) is -1.04. The number of carbonyl (C=O) groups excluding carboxylic acids is 2. The van der Waals surface area contributed by atoms with Crippen LogP contribution in [0.15, 0.2) is 30.5 Å². The molecule has 1 aliphatic rings. The average Bonchev–Trinajstić information content (AvgIpc) is 2.68. The third-order valence-electron chi connectivity index (χ3n) is 3.42. The predicted molar refractivity (Wildman–Crippen MR) is 81.0 cm³/mol. The number of aryl methyl sites for hydroxylation is 1. The second-order valence-corrected chi connectivity index (χ2v) is 5.58. The molecular formula is C15H10Cl2N2O2. The van der Waals surface area contributed by atoms with Crippen molar-refractivity contribution in [2.24, 2.45) is 0 Å². The highest BCUT2D eigenvalue weighted by Gasteiger charge is 2.36. The van der Waals surface area contributed by atoms with E-state index in [0.29, 0.717) is 21.8 Å². The molecule has 2 heterocycles. The molecule has 1 aromatic heterocycles. The first-order valence-electron chi connectivity index (χ1n) is 6.25. The molecule has 0 radical (unpaired) electrons. The summed E-state index contributed by atoms with van der Waals surface area (Å²) in [4.78, 5) is 29.6. The number of fused-ring (bicyclic) bond motifs is 1. The van der Waals surface area contributed by atoms with E-state index in [-0.39, 0.29) is 11.7 Å². The van der Waals surface area contributed by atoms with Crippen LogP contribution < -0.4 is 4.90 Å². The monoisotopic (exact) mass is 320 g/mol. The van der Waals surface area contributed by atoms with E-state index in [1.165, 1.54) is 17.2 Å². The molecule has 21 heavy (non-hydrogen) atoms. The lowest BCUT2D eigenvalue weighted by molar-refractivity contribution is -0.114. The summed E-state index contributed by atoms with van der Waals surface area (Å²) in [6.45, 7) is 2.05. The van der Waals surface area contributed by atoms with Crippen LogP contribution in [0.1, 0.15) is 21.5 Å². The van der Waals surface area contributed by atoms with Crippen LogP contribution in [0.25, 0.3) is 0 Å². The van der Waals surface area contributed by atoms with Crippen LogP contribution in [0.5, 0.6) is 0 Å². The molecular weight excluding hydrogens is 311 g/mol. The zero-order valence-corrected chi connectivity index (χ0v) is 12.6. The molecule has 2 aromatic rings. The Labute approximate surface area is 131 Å². The molecule has 0 fully saturated rings. The summed E-state index contributed by atoms with van der Waals surface area (Å²) in [5, 5.41) is 0.696. The number of rotatable bonds is 2. The number of nitrogens with zero attached hydrogens (tertiary/aromatic N) is 2. The quantitative estimate of drug-likeness (QED) is 0.629. The smallest absolute Gasteiger partial charge is 0.299 e. The SMILES string of the molecule is Cc1cccc2c1N(Cc1cnc(Cl)cc1Cl)C(=O)C2=O. The number of Topliss-reactive ketones (excluding diaryl/α,β-unsaturated/α-hetero) is 1. The third-order valence-corrected chi connectivity index (χ3v) is 3.98. The highest BCUT2D eigenvalue weighted by Crippen LogP contribution is 2.34. The highest BCUT2D eigenvalue weighted by atomic mass is 35.5. The Hall–Kier alpha value is -1.91. The van der Waals surface area contributed by atoms with Gasteiger partial charge in [0.2, 0.25) is 0 Å². The van der Waals surface area contributed by atoms with E-state index in [9.17, 15) is 9.59 Å². The normalized spacial score (nSPS) is 13.8. The largest absolute Gasteiger partial charge is 0.300 e. The van der Waals surface area contributed by atoms with Gasteiger partial charge in [0.25, 0.3) is 11.7 Å². The van der Waals surface area contributed by atoms with Crippen LogP contribution >= 0.6 is 23.2 Å². The molecule has 0 bridgehead atoms. The number of ketones is 1. The molecule has 0 spiro atoms. The van der Waals surface area contributed by atoms with Crippen LogP contribution in [0.2, 0.25) is 10.2 Å². The van der Waals surface area contributed by atoms with Gasteiger partial charge in [0.15, 0.2) is 0 Å². The first-order chi connectivity index (χ1) is 9.99. The van der Waals surface area contributed by atoms with Gasteiger partial charge >= 0.3 is 0 Å². The Morgan fingerprint density at radius 1 is 1.24 bits per heavy atom. The number of hydrogen-bond acceptors (Lipinski definition) is 3. The van der Waals surface area contributed by atoms with Gasteiger partial charge in [-0.25, -0.2) is 4.98 Å². The maximum absolute atomic E-state index is 12.2. The molecule has 0 N–H and O–H groups in total. The molecule has 1 aromatic carbocycles. The number of halogens is 2. The zero-order valence-electron chi connectivity index (χ0n) is 11.1. The van der Waals surface area contributed by atoms with Crippen LogP contribution in [-0.2, 0) is 11.3 Å². The molecule has 106 valence electrons. The van der Waals surface area contributed by atoms with Gasteiger partial charge in [-0.1, -0.05) is 35.3 Å². The topological polar surface area (TPSA) is 50.3 Å². The molecule has 0 saturated carbocycles. The lowest BCUT2D eigenvalue weighted by Gasteiger charge is -2.19. The Bertz CT molecular complexity index is 774. The third kappa shape index (κ3) is 2.30. The van der Waals surface area contributed by atoms with Crippen LogP contribution in [0.4, 0.5) is 5.69 Å². The number of pyridine rings is 1. The van der Waals surface area contributed by atoms with Crippen molar-refractivity contribution in [2.75, 3.05) is 4.90 Å². The van der Waals surface area contributed by atoms with E-state index in [1.54, 1.807) is 12.1 Å². The molecule has 1 amide bonds. The van der Waals surface area contributed by atoms with Gasteiger partial charge in [0.05, 0.1) is 22.8 Å². The minimum Gasteiger partial charge on any atom is -0.300 e. The first kappa shape index (κ1) is 14.0. The van der Waals surface area contributed by atoms with Gasteiger partial charge < -0.3 is 0 Å². The summed E-state index contributed by atoms with van der Waals surface area (Å²) in [5.41, 5.74) is 2.57. The van der Waals surface area contributed by atoms with Crippen molar-refractivity contribution in [1.29, 1.82) is 0 Å². The molecule has 0 aliphatic carbocycles. The lowest BCUT2D eigenvalue weighted by Crippen LogP contribution is -2.29. The summed E-state index contributed by atoms with van der Waals surface area (Å²) in [6.07, 6.45) is 1.51. The Morgan fingerprint density at radius 2 is 2.00 bits per heavy atom. The van der Waals surface area contributed by atoms with E-state index in [1.807, 2.05) is 13.0 Å². The number of amides is 1. The van der Waals surface area contributed by atoms with Crippen LogP contribution in [0.3, 0.4) is 0 Å². The first-order valence-corrected chi connectivity index (χ1v) is 7.00. The number of anilines is 1. The van der Waals surface area contributed by atoms with E-state index >= 15 is 0 Å². The molecule has 6 heteroatoms. The maximum Gasteiger partial charge on any atom is 0.299 e. The van der Waals surface area contributed by atoms with Crippen molar-refractivity contribution >= 4 is 40.6 Å². The van der Waals surface area contributed by atoms with Crippen LogP contribution in [0, 0.1) is 6.92 Å². The molecule has 3 rings (SSSR count). The van der Waals surface area contributed by atoms with E-state index in [2.05, 4.69) is 4.98 Å². The molecule has 0 atom stereocenters. The van der Waals surface area contributed by atoms with Gasteiger partial charge in [-0.2, -0.15) is 0 Å². The summed E-state index contributed by atoms with van der Waals surface area (Å²) in [6, 6.07) is 6.79. The van der Waals surface area contributed by atoms with Gasteiger partial charge in [0, 0.05) is 11.8 Å². The van der Waals surface area contributed by atoms with Gasteiger partial charge in [0.1, 0.15) is 5.15 Å². The van der Waals surface area contributed by atoms with Crippen molar-refractivity contribution in [1.82, 2.24) is 4.98 Å². The van der Waals surface area contributed by atoms with Gasteiger partial charge in [-0.3, -0.25) is 14.5 Å². The maximum atomic E-state index is 12.2. The zero-order chi connectivity index (χ0) is 15.1. The minimum absolute atomic E-state index is 0.186. The molecule has 1 aliphatic heterocycles. The average molecular weight is 321 g/mol. The Kier molecular flexibility index (Phi) is 3.43. The second kappa shape index (κ2) is 5.13. The molecule has 0 unspecified atom stereocenters. The predicted octanol–water partition coefficient (Wildman–Crippen LogP) is 3.43. The number of aromatic nitrogens is 1. The van der Waals surface area contributed by atoms with Crippen LogP contribution in [-0.4, -0.2) is 16.7 Å². The Balaban J connectivity index is 2.04. The second-order valence-electron chi connectivity index (χ2n) is 4.79. The number of hydrogen-bond donors (Lipinski definition) is 0. The van der Waals surface area contributed by atoms with Crippen molar-refractivity contribution in [3.8, 4) is 0 Å². The van der Waals surface area contributed by atoms with Crippen molar-refractivity contribution in [2.45, 2.75) is 13.5 Å². The molecule has 0 saturated heterocycles. The number of carbonyl (C=O) groups is 2. The molecule has 4 nitrogen and oxygen atoms in total. The lowest BCUT2D eigenvalue weighted by atomic mass is 10.1. The van der Waals surface area contributed by atoms with Crippen molar-refractivity contribution < 1.29 is 9.59 Å². The minimum atomic E-state index is -0.551. The summed E-state index contributed by atoms with van der Waals surface area (Å²) in [7, 11) is 0.